The molecule has 0 amide bonds. The van der Waals surface area contributed by atoms with E-state index in [1.54, 1.807) is 18.2 Å². The van der Waals surface area contributed by atoms with Gasteiger partial charge in [-0.2, -0.15) is 0 Å². The van der Waals surface area contributed by atoms with E-state index >= 15 is 0 Å². The van der Waals surface area contributed by atoms with Gasteiger partial charge in [0.15, 0.2) is 12.4 Å². The van der Waals surface area contributed by atoms with Gasteiger partial charge in [0.25, 0.3) is 0 Å². The summed E-state index contributed by atoms with van der Waals surface area (Å²) in [6.07, 6.45) is 0. The van der Waals surface area contributed by atoms with E-state index in [-0.39, 0.29) is 12.4 Å². The second-order valence-electron chi connectivity index (χ2n) is 4.13. The highest BCUT2D eigenvalue weighted by molar-refractivity contribution is 6.30. The fourth-order valence-electron chi connectivity index (χ4n) is 1.62. The second kappa shape index (κ2) is 5.85. The van der Waals surface area contributed by atoms with Gasteiger partial charge in [0.05, 0.1) is 0 Å². The molecule has 0 atom stereocenters. The van der Waals surface area contributed by atoms with Crippen LogP contribution in [-0.4, -0.2) is 12.4 Å². The van der Waals surface area contributed by atoms with E-state index in [9.17, 15) is 9.18 Å². The van der Waals surface area contributed by atoms with Crippen molar-refractivity contribution >= 4 is 17.4 Å². The molecule has 98 valence electrons. The third kappa shape index (κ3) is 3.55. The Hall–Kier alpha value is -1.87. The topological polar surface area (TPSA) is 26.3 Å². The standard InChI is InChI=1S/C15H12ClFO2/c1-10-5-6-12(16)8-15(10)19-9-14(18)11-3-2-4-13(17)7-11/h2-8H,9H2,1H3. The maximum atomic E-state index is 13.0. The molecule has 2 aromatic carbocycles. The Bertz CT molecular complexity index is 611. The number of rotatable bonds is 4. The zero-order valence-electron chi connectivity index (χ0n) is 10.3. The Balaban J connectivity index is 2.06. The molecule has 0 spiro atoms. The fourth-order valence-corrected chi connectivity index (χ4v) is 1.78. The van der Waals surface area contributed by atoms with Crippen LogP contribution in [0.1, 0.15) is 15.9 Å². The Morgan fingerprint density at radius 1 is 1.26 bits per heavy atom. The molecule has 0 bridgehead atoms. The van der Waals surface area contributed by atoms with Gasteiger partial charge in [0.2, 0.25) is 0 Å². The summed E-state index contributed by atoms with van der Waals surface area (Å²) in [5.74, 6) is -0.166. The Labute approximate surface area is 115 Å². The molecule has 0 aliphatic carbocycles. The molecule has 0 unspecified atom stereocenters. The van der Waals surface area contributed by atoms with Crippen molar-refractivity contribution < 1.29 is 13.9 Å². The number of hydrogen-bond acceptors (Lipinski definition) is 2. The van der Waals surface area contributed by atoms with Gasteiger partial charge in [-0.05, 0) is 36.8 Å². The van der Waals surface area contributed by atoms with Crippen LogP contribution in [0.3, 0.4) is 0 Å². The molecule has 0 saturated carbocycles. The number of carbonyl (C=O) groups is 1. The van der Waals surface area contributed by atoms with Crippen LogP contribution >= 0.6 is 11.6 Å². The quantitative estimate of drug-likeness (QED) is 0.789. The normalized spacial score (nSPS) is 10.3. The van der Waals surface area contributed by atoms with Crippen molar-refractivity contribution in [2.45, 2.75) is 6.92 Å². The lowest BCUT2D eigenvalue weighted by Crippen LogP contribution is -2.12. The first kappa shape index (κ1) is 13.6. The van der Waals surface area contributed by atoms with Crippen LogP contribution < -0.4 is 4.74 Å². The first-order valence-electron chi connectivity index (χ1n) is 5.74. The molecule has 19 heavy (non-hydrogen) atoms. The summed E-state index contributed by atoms with van der Waals surface area (Å²) in [4.78, 5) is 11.8. The average Bonchev–Trinajstić information content (AvgIpc) is 2.39. The molecular weight excluding hydrogens is 267 g/mol. The van der Waals surface area contributed by atoms with Gasteiger partial charge in [-0.15, -0.1) is 0 Å². The molecule has 0 aromatic heterocycles. The maximum Gasteiger partial charge on any atom is 0.200 e. The van der Waals surface area contributed by atoms with Crippen molar-refractivity contribution in [2.75, 3.05) is 6.61 Å². The van der Waals surface area contributed by atoms with Crippen LogP contribution in [-0.2, 0) is 0 Å². The lowest BCUT2D eigenvalue weighted by Gasteiger charge is -2.08. The first-order valence-corrected chi connectivity index (χ1v) is 6.12. The van der Waals surface area contributed by atoms with E-state index in [2.05, 4.69) is 0 Å². The van der Waals surface area contributed by atoms with Gasteiger partial charge in [0.1, 0.15) is 11.6 Å². The minimum Gasteiger partial charge on any atom is -0.485 e. The summed E-state index contributed by atoms with van der Waals surface area (Å²) < 4.78 is 18.4. The predicted octanol–water partition coefficient (Wildman–Crippen LogP) is 4.05. The molecule has 4 heteroatoms. The maximum absolute atomic E-state index is 13.0. The monoisotopic (exact) mass is 278 g/mol. The van der Waals surface area contributed by atoms with E-state index in [0.29, 0.717) is 16.3 Å². The summed E-state index contributed by atoms with van der Waals surface area (Å²) in [6.45, 7) is 1.71. The zero-order valence-corrected chi connectivity index (χ0v) is 11.1. The van der Waals surface area contributed by atoms with Gasteiger partial charge in [-0.3, -0.25) is 4.79 Å². The van der Waals surface area contributed by atoms with E-state index in [0.717, 1.165) is 5.56 Å². The van der Waals surface area contributed by atoms with Crippen molar-refractivity contribution in [1.29, 1.82) is 0 Å². The second-order valence-corrected chi connectivity index (χ2v) is 4.57. The van der Waals surface area contributed by atoms with Crippen LogP contribution in [0.5, 0.6) is 5.75 Å². The number of carbonyl (C=O) groups excluding carboxylic acids is 1. The molecule has 0 heterocycles. The first-order chi connectivity index (χ1) is 9.06. The lowest BCUT2D eigenvalue weighted by molar-refractivity contribution is 0.0920. The Morgan fingerprint density at radius 2 is 2.05 bits per heavy atom. The molecule has 0 fully saturated rings. The highest BCUT2D eigenvalue weighted by Crippen LogP contribution is 2.22. The summed E-state index contributed by atoms with van der Waals surface area (Å²) in [7, 11) is 0. The van der Waals surface area contributed by atoms with Crippen LogP contribution in [0.15, 0.2) is 42.5 Å². The highest BCUT2D eigenvalue weighted by Gasteiger charge is 2.09. The van der Waals surface area contributed by atoms with Crippen molar-refractivity contribution in [3.8, 4) is 5.75 Å². The van der Waals surface area contributed by atoms with Gasteiger partial charge in [-0.25, -0.2) is 4.39 Å². The van der Waals surface area contributed by atoms with Crippen molar-refractivity contribution in [3.05, 3.63) is 64.4 Å². The third-order valence-electron chi connectivity index (χ3n) is 2.66. The van der Waals surface area contributed by atoms with E-state index in [4.69, 9.17) is 16.3 Å². The van der Waals surface area contributed by atoms with Gasteiger partial charge < -0.3 is 4.74 Å². The molecule has 0 aliphatic heterocycles. The highest BCUT2D eigenvalue weighted by atomic mass is 35.5. The number of aryl methyl sites for hydroxylation is 1. The average molecular weight is 279 g/mol. The van der Waals surface area contributed by atoms with E-state index in [1.165, 1.54) is 18.2 Å². The smallest absolute Gasteiger partial charge is 0.200 e. The van der Waals surface area contributed by atoms with Crippen LogP contribution in [0.4, 0.5) is 4.39 Å². The molecule has 0 N–H and O–H groups in total. The fraction of sp³-hybridized carbons (Fsp3) is 0.133. The van der Waals surface area contributed by atoms with Crippen LogP contribution in [0, 0.1) is 12.7 Å². The predicted molar refractivity (Wildman–Crippen MR) is 72.4 cm³/mol. The lowest BCUT2D eigenvalue weighted by atomic mass is 10.1. The molecule has 0 saturated heterocycles. The summed E-state index contributed by atoms with van der Waals surface area (Å²) in [5.41, 5.74) is 1.18. The SMILES string of the molecule is Cc1ccc(Cl)cc1OCC(=O)c1cccc(F)c1. The van der Waals surface area contributed by atoms with Crippen molar-refractivity contribution in [2.24, 2.45) is 0 Å². The number of halogens is 2. The van der Waals surface area contributed by atoms with E-state index < -0.39 is 5.82 Å². The molecular formula is C15H12ClFO2. The zero-order chi connectivity index (χ0) is 13.8. The van der Waals surface area contributed by atoms with Gasteiger partial charge in [-0.1, -0.05) is 29.8 Å². The summed E-state index contributed by atoms with van der Waals surface area (Å²) >= 11 is 5.86. The molecule has 0 aliphatic rings. The van der Waals surface area contributed by atoms with Crippen molar-refractivity contribution in [1.82, 2.24) is 0 Å². The number of benzene rings is 2. The summed E-state index contributed by atoms with van der Waals surface area (Å²) in [6, 6.07) is 10.7. The molecule has 2 aromatic rings. The van der Waals surface area contributed by atoms with E-state index in [1.807, 2.05) is 13.0 Å². The number of Topliss-reactive ketones (excluding diaryl/α,β-unsaturated/α-hetero) is 1. The molecule has 0 radical (unpaired) electrons. The Kier molecular flexibility index (Phi) is 4.17. The minimum absolute atomic E-state index is 0.148. The largest absolute Gasteiger partial charge is 0.485 e. The number of ketones is 1. The van der Waals surface area contributed by atoms with Gasteiger partial charge >= 0.3 is 0 Å². The van der Waals surface area contributed by atoms with Crippen LogP contribution in [0.2, 0.25) is 5.02 Å². The third-order valence-corrected chi connectivity index (χ3v) is 2.89. The van der Waals surface area contributed by atoms with Crippen molar-refractivity contribution in [3.63, 3.8) is 0 Å². The number of ether oxygens (including phenoxy) is 1. The Morgan fingerprint density at radius 3 is 2.79 bits per heavy atom. The summed E-state index contributed by atoms with van der Waals surface area (Å²) in [5, 5.41) is 0.541. The molecule has 2 nitrogen and oxygen atoms in total. The molecule has 2 rings (SSSR count). The minimum atomic E-state index is -0.440. The van der Waals surface area contributed by atoms with Gasteiger partial charge in [0, 0.05) is 10.6 Å². The number of hydrogen-bond donors (Lipinski definition) is 0. The van der Waals surface area contributed by atoms with Crippen LogP contribution in [0.25, 0.3) is 0 Å².